The third kappa shape index (κ3) is 3.14. The lowest BCUT2D eigenvalue weighted by atomic mass is 10.2. The predicted molar refractivity (Wildman–Crippen MR) is 73.5 cm³/mol. The Morgan fingerprint density at radius 2 is 2.05 bits per heavy atom. The summed E-state index contributed by atoms with van der Waals surface area (Å²) in [5.74, 6) is 0.924. The number of ether oxygens (including phenoxy) is 2. The third-order valence-electron chi connectivity index (χ3n) is 2.64. The summed E-state index contributed by atoms with van der Waals surface area (Å²) in [6.45, 7) is 2.72. The highest BCUT2D eigenvalue weighted by molar-refractivity contribution is 5.54. The van der Waals surface area contributed by atoms with Gasteiger partial charge in [0.05, 0.1) is 7.11 Å². The van der Waals surface area contributed by atoms with Crippen LogP contribution in [0.4, 0.5) is 10.2 Å². The van der Waals surface area contributed by atoms with Gasteiger partial charge in [-0.2, -0.15) is 4.98 Å². The van der Waals surface area contributed by atoms with Gasteiger partial charge in [0.15, 0.2) is 5.82 Å². The molecule has 1 aromatic heterocycles. The van der Waals surface area contributed by atoms with Gasteiger partial charge in [-0.25, -0.2) is 9.37 Å². The molecule has 0 radical (unpaired) electrons. The summed E-state index contributed by atoms with van der Waals surface area (Å²) in [6.07, 6.45) is 1.37. The van der Waals surface area contributed by atoms with E-state index in [-0.39, 0.29) is 18.3 Å². The first-order valence-electron chi connectivity index (χ1n) is 6.25. The summed E-state index contributed by atoms with van der Waals surface area (Å²) in [7, 11) is 1.51. The maximum atomic E-state index is 13.5. The summed E-state index contributed by atoms with van der Waals surface area (Å²) in [6, 6.07) is 6.44. The van der Waals surface area contributed by atoms with Gasteiger partial charge in [-0.05, 0) is 13.0 Å². The molecule has 0 aliphatic carbocycles. The first-order chi connectivity index (χ1) is 9.76. The van der Waals surface area contributed by atoms with Crippen LogP contribution in [0.15, 0.2) is 30.6 Å². The minimum atomic E-state index is -0.313. The Morgan fingerprint density at radius 3 is 2.75 bits per heavy atom. The van der Waals surface area contributed by atoms with Gasteiger partial charge in [-0.3, -0.25) is 0 Å². The van der Waals surface area contributed by atoms with Crippen LogP contribution in [0.5, 0.6) is 11.6 Å². The smallest absolute Gasteiger partial charge is 0.262 e. The van der Waals surface area contributed by atoms with E-state index in [4.69, 9.17) is 9.47 Å². The van der Waals surface area contributed by atoms with E-state index in [0.29, 0.717) is 23.7 Å². The van der Waals surface area contributed by atoms with Gasteiger partial charge in [-0.15, -0.1) is 0 Å². The van der Waals surface area contributed by atoms with E-state index < -0.39 is 0 Å². The van der Waals surface area contributed by atoms with Gasteiger partial charge in [0, 0.05) is 12.1 Å². The number of aromatic nitrogens is 2. The second kappa shape index (κ2) is 6.70. The first-order valence-corrected chi connectivity index (χ1v) is 6.25. The van der Waals surface area contributed by atoms with Crippen molar-refractivity contribution in [1.82, 2.24) is 9.97 Å². The number of hydrogen-bond donors (Lipinski definition) is 1. The average molecular weight is 277 g/mol. The molecule has 2 rings (SSSR count). The molecule has 0 saturated heterocycles. The number of hydrogen-bond acceptors (Lipinski definition) is 5. The molecule has 0 unspecified atom stereocenters. The number of methoxy groups -OCH3 is 1. The molecule has 0 spiro atoms. The van der Waals surface area contributed by atoms with Crippen molar-refractivity contribution in [3.05, 3.63) is 42.0 Å². The van der Waals surface area contributed by atoms with Crippen LogP contribution in [-0.4, -0.2) is 23.6 Å². The molecule has 0 aliphatic rings. The van der Waals surface area contributed by atoms with Gasteiger partial charge >= 0.3 is 0 Å². The second-order valence-corrected chi connectivity index (χ2v) is 3.97. The fraction of sp³-hybridized carbons (Fsp3) is 0.286. The lowest BCUT2D eigenvalue weighted by molar-refractivity contribution is 0.267. The molecular formula is C14H16FN3O2. The van der Waals surface area contributed by atoms with Crippen LogP contribution in [0.3, 0.4) is 0 Å². The monoisotopic (exact) mass is 277 g/mol. The largest absolute Gasteiger partial charge is 0.489 e. The van der Waals surface area contributed by atoms with Gasteiger partial charge in [0.2, 0.25) is 5.75 Å². The average Bonchev–Trinajstić information content (AvgIpc) is 2.47. The van der Waals surface area contributed by atoms with Gasteiger partial charge in [-0.1, -0.05) is 18.2 Å². The van der Waals surface area contributed by atoms with Gasteiger partial charge < -0.3 is 14.8 Å². The lowest BCUT2D eigenvalue weighted by Gasteiger charge is -2.13. The van der Waals surface area contributed by atoms with Gasteiger partial charge in [0.25, 0.3) is 5.88 Å². The fourth-order valence-electron chi connectivity index (χ4n) is 1.70. The van der Waals surface area contributed by atoms with Crippen LogP contribution in [0.1, 0.15) is 12.5 Å². The third-order valence-corrected chi connectivity index (χ3v) is 2.64. The van der Waals surface area contributed by atoms with Crippen molar-refractivity contribution in [2.45, 2.75) is 13.5 Å². The maximum Gasteiger partial charge on any atom is 0.262 e. The highest BCUT2D eigenvalue weighted by atomic mass is 19.1. The van der Waals surface area contributed by atoms with Crippen molar-refractivity contribution in [3.8, 4) is 11.6 Å². The van der Waals surface area contributed by atoms with E-state index in [1.54, 1.807) is 18.2 Å². The SMILES string of the molecule is CCNc1ncnc(OCc2ccccc2F)c1OC. The first kappa shape index (κ1) is 14.0. The molecule has 20 heavy (non-hydrogen) atoms. The molecule has 0 bridgehead atoms. The zero-order valence-electron chi connectivity index (χ0n) is 11.4. The molecule has 2 aromatic rings. The molecule has 106 valence electrons. The number of benzene rings is 1. The Labute approximate surface area is 116 Å². The molecule has 0 fully saturated rings. The Hall–Kier alpha value is -2.37. The minimum Gasteiger partial charge on any atom is -0.489 e. The van der Waals surface area contributed by atoms with Crippen molar-refractivity contribution in [2.24, 2.45) is 0 Å². The minimum absolute atomic E-state index is 0.0750. The summed E-state index contributed by atoms with van der Waals surface area (Å²) in [5.41, 5.74) is 0.457. The zero-order valence-corrected chi connectivity index (χ0v) is 11.4. The number of anilines is 1. The number of nitrogens with one attached hydrogen (secondary N) is 1. The fourth-order valence-corrected chi connectivity index (χ4v) is 1.70. The van der Waals surface area contributed by atoms with E-state index in [1.807, 2.05) is 6.92 Å². The van der Waals surface area contributed by atoms with E-state index in [9.17, 15) is 4.39 Å². The van der Waals surface area contributed by atoms with Crippen molar-refractivity contribution in [1.29, 1.82) is 0 Å². The Balaban J connectivity index is 2.17. The van der Waals surface area contributed by atoms with Crippen LogP contribution < -0.4 is 14.8 Å². The molecule has 1 aromatic carbocycles. The zero-order chi connectivity index (χ0) is 14.4. The van der Waals surface area contributed by atoms with E-state index >= 15 is 0 Å². The molecule has 0 saturated carbocycles. The predicted octanol–water partition coefficient (Wildman–Crippen LogP) is 2.64. The highest BCUT2D eigenvalue weighted by Crippen LogP contribution is 2.31. The van der Waals surface area contributed by atoms with Crippen LogP contribution in [0, 0.1) is 5.82 Å². The highest BCUT2D eigenvalue weighted by Gasteiger charge is 2.13. The second-order valence-electron chi connectivity index (χ2n) is 3.97. The number of rotatable bonds is 6. The molecule has 1 N–H and O–H groups in total. The summed E-state index contributed by atoms with van der Waals surface area (Å²) in [5, 5.41) is 3.05. The molecule has 0 amide bonds. The van der Waals surface area contributed by atoms with Crippen molar-refractivity contribution < 1.29 is 13.9 Å². The molecule has 1 heterocycles. The van der Waals surface area contributed by atoms with Crippen molar-refractivity contribution >= 4 is 5.82 Å². The Kier molecular flexibility index (Phi) is 4.70. The number of nitrogens with zero attached hydrogens (tertiary/aromatic N) is 2. The molecule has 0 aliphatic heterocycles. The van der Waals surface area contributed by atoms with Gasteiger partial charge in [0.1, 0.15) is 18.8 Å². The van der Waals surface area contributed by atoms with Crippen LogP contribution in [-0.2, 0) is 6.61 Å². The Bertz CT molecular complexity index is 578. The van der Waals surface area contributed by atoms with Crippen LogP contribution in [0.2, 0.25) is 0 Å². The molecule has 0 atom stereocenters. The Morgan fingerprint density at radius 1 is 1.25 bits per heavy atom. The van der Waals surface area contributed by atoms with E-state index in [0.717, 1.165) is 0 Å². The maximum absolute atomic E-state index is 13.5. The van der Waals surface area contributed by atoms with Crippen molar-refractivity contribution in [3.63, 3.8) is 0 Å². The summed E-state index contributed by atoms with van der Waals surface area (Å²) < 4.78 is 24.3. The standard InChI is InChI=1S/C14H16FN3O2/c1-3-16-13-12(19-2)14(18-9-17-13)20-8-10-6-4-5-7-11(10)15/h4-7,9H,3,8H2,1-2H3,(H,16,17,18). The van der Waals surface area contributed by atoms with E-state index in [2.05, 4.69) is 15.3 Å². The van der Waals surface area contributed by atoms with Crippen LogP contribution in [0.25, 0.3) is 0 Å². The number of halogens is 1. The van der Waals surface area contributed by atoms with Crippen molar-refractivity contribution in [2.75, 3.05) is 19.0 Å². The summed E-state index contributed by atoms with van der Waals surface area (Å²) in [4.78, 5) is 8.09. The molecule has 6 heteroatoms. The van der Waals surface area contributed by atoms with E-state index in [1.165, 1.54) is 19.5 Å². The molecule has 5 nitrogen and oxygen atoms in total. The quantitative estimate of drug-likeness (QED) is 0.879. The normalized spacial score (nSPS) is 10.2. The lowest BCUT2D eigenvalue weighted by Crippen LogP contribution is -2.06. The molecular weight excluding hydrogens is 261 g/mol. The van der Waals surface area contributed by atoms with Crippen LogP contribution >= 0.6 is 0 Å². The summed E-state index contributed by atoms with van der Waals surface area (Å²) >= 11 is 0. The topological polar surface area (TPSA) is 56.3 Å².